The predicted octanol–water partition coefficient (Wildman–Crippen LogP) is -4.86. The zero-order chi connectivity index (χ0) is 23.0. The fraction of sp³-hybridized carbons (Fsp3) is 0.588. The topological polar surface area (TPSA) is 223 Å². The lowest BCUT2D eigenvalue weighted by Crippen LogP contribution is -2.40. The van der Waals surface area contributed by atoms with E-state index in [1.807, 2.05) is 0 Å². The van der Waals surface area contributed by atoms with Gasteiger partial charge < -0.3 is 45.3 Å². The zero-order valence-electron chi connectivity index (χ0n) is 15.8. The van der Waals surface area contributed by atoms with E-state index in [0.29, 0.717) is 0 Å². The molecule has 0 radical (unpaired) electrons. The summed E-state index contributed by atoms with van der Waals surface area (Å²) in [5.74, 6) is 0. The van der Waals surface area contributed by atoms with E-state index < -0.39 is 67.3 Å². The molecule has 7 atom stereocenters. The van der Waals surface area contributed by atoms with Crippen molar-refractivity contribution < 1.29 is 45.3 Å². The molecular formula is C17H26N2O11. The van der Waals surface area contributed by atoms with Crippen LogP contribution >= 0.6 is 0 Å². The third-order valence-electron chi connectivity index (χ3n) is 4.27. The second-order valence-corrected chi connectivity index (χ2v) is 6.41. The van der Waals surface area contributed by atoms with Crippen LogP contribution in [0.1, 0.15) is 11.8 Å². The van der Waals surface area contributed by atoms with Gasteiger partial charge in [-0.25, -0.2) is 4.79 Å². The minimum Gasteiger partial charge on any atom is -0.394 e. The van der Waals surface area contributed by atoms with Crippen molar-refractivity contribution in [1.82, 2.24) is 9.55 Å². The van der Waals surface area contributed by atoms with E-state index in [2.05, 4.69) is 11.6 Å². The van der Waals surface area contributed by atoms with Gasteiger partial charge in [0, 0.05) is 11.8 Å². The Morgan fingerprint density at radius 2 is 1.83 bits per heavy atom. The van der Waals surface area contributed by atoms with Crippen molar-refractivity contribution in [3.8, 4) is 0 Å². The van der Waals surface area contributed by atoms with E-state index >= 15 is 0 Å². The average molecular weight is 434 g/mol. The molecule has 8 N–H and O–H groups in total. The minimum atomic E-state index is -1.64. The van der Waals surface area contributed by atoms with Gasteiger partial charge in [0.15, 0.2) is 12.5 Å². The largest absolute Gasteiger partial charge is 0.394 e. The van der Waals surface area contributed by atoms with Crippen molar-refractivity contribution in [2.45, 2.75) is 49.3 Å². The Hall–Kier alpha value is -2.23. The maximum absolute atomic E-state index is 11.8. The van der Waals surface area contributed by atoms with Gasteiger partial charge in [-0.15, -0.1) is 6.58 Å². The number of aromatic nitrogens is 2. The Morgan fingerprint density at radius 3 is 2.30 bits per heavy atom. The number of aliphatic hydroxyl groups excluding tert-OH is 7. The van der Waals surface area contributed by atoms with Crippen LogP contribution in [0, 0.1) is 0 Å². The fourth-order valence-electron chi connectivity index (χ4n) is 2.54. The van der Waals surface area contributed by atoms with E-state index in [9.17, 15) is 24.6 Å². The highest BCUT2D eigenvalue weighted by Crippen LogP contribution is 2.27. The van der Waals surface area contributed by atoms with E-state index in [4.69, 9.17) is 30.3 Å². The molecule has 30 heavy (non-hydrogen) atoms. The molecule has 0 unspecified atom stereocenters. The number of aliphatic hydroxyl groups is 7. The molecule has 1 saturated heterocycles. The average Bonchev–Trinajstić information content (AvgIpc) is 3.02. The quantitative estimate of drug-likeness (QED) is 0.143. The first kappa shape index (κ1) is 25.8. The maximum atomic E-state index is 11.8. The molecule has 0 bridgehead atoms. The molecule has 13 heteroatoms. The van der Waals surface area contributed by atoms with Gasteiger partial charge in [0.05, 0.1) is 13.2 Å². The highest BCUT2D eigenvalue weighted by Gasteiger charge is 2.43. The lowest BCUT2D eigenvalue weighted by molar-refractivity contribution is -0.127. The zero-order valence-corrected chi connectivity index (χ0v) is 15.8. The molecule has 170 valence electrons. The molecular weight excluding hydrogens is 408 g/mol. The van der Waals surface area contributed by atoms with Gasteiger partial charge >= 0.3 is 5.69 Å². The van der Waals surface area contributed by atoms with Crippen molar-refractivity contribution in [3.63, 3.8) is 0 Å². The Labute approximate surface area is 169 Å². The predicted molar refractivity (Wildman–Crippen MR) is 99.4 cm³/mol. The molecule has 1 fully saturated rings. The van der Waals surface area contributed by atoms with Crippen LogP contribution in [-0.2, 0) is 16.0 Å². The molecule has 13 nitrogen and oxygen atoms in total. The fourth-order valence-corrected chi connectivity index (χ4v) is 2.54. The summed E-state index contributed by atoms with van der Waals surface area (Å²) in [6.45, 7) is 2.32. The Morgan fingerprint density at radius 1 is 1.20 bits per heavy atom. The summed E-state index contributed by atoms with van der Waals surface area (Å²) in [5.41, 5.74) is -1.03. The third-order valence-corrected chi connectivity index (χ3v) is 4.27. The number of aldehydes is 1. The number of allylic oxidation sites excluding steroid dienone is 1. The third kappa shape index (κ3) is 6.13. The van der Waals surface area contributed by atoms with Crippen molar-refractivity contribution in [3.05, 3.63) is 45.3 Å². The van der Waals surface area contributed by atoms with Gasteiger partial charge in [0.25, 0.3) is 5.56 Å². The van der Waals surface area contributed by atoms with Gasteiger partial charge in [-0.3, -0.25) is 14.3 Å². The highest BCUT2D eigenvalue weighted by atomic mass is 16.6. The van der Waals surface area contributed by atoms with Gasteiger partial charge in [-0.2, -0.15) is 0 Å². The van der Waals surface area contributed by atoms with Gasteiger partial charge in [0.2, 0.25) is 0 Å². The number of carbonyl (C=O) groups is 1. The van der Waals surface area contributed by atoms with Crippen LogP contribution in [0.5, 0.6) is 0 Å². The number of rotatable bonds is 8. The van der Waals surface area contributed by atoms with E-state index in [1.165, 1.54) is 12.3 Å². The molecule has 0 aromatic carbocycles. The second-order valence-electron chi connectivity index (χ2n) is 6.41. The summed E-state index contributed by atoms with van der Waals surface area (Å²) in [5, 5.41) is 62.6. The van der Waals surface area contributed by atoms with Crippen LogP contribution in [0.4, 0.5) is 0 Å². The van der Waals surface area contributed by atoms with Crippen LogP contribution in [0.25, 0.3) is 0 Å². The van der Waals surface area contributed by atoms with E-state index in [1.54, 1.807) is 0 Å². The number of carbonyl (C=O) groups excluding carboxylic acids is 1. The van der Waals surface area contributed by atoms with E-state index in [0.717, 1.165) is 4.57 Å². The van der Waals surface area contributed by atoms with Crippen LogP contribution in [0.15, 0.2) is 28.4 Å². The van der Waals surface area contributed by atoms with Gasteiger partial charge in [0.1, 0.15) is 36.6 Å². The molecule has 1 aromatic rings. The first-order valence-electron chi connectivity index (χ1n) is 8.80. The summed E-state index contributed by atoms with van der Waals surface area (Å²) in [6, 6.07) is 0. The SMILES string of the molecule is C=CCc1cn([C@@H]2O[C@H](CO)[C@@H](O)[C@H]2O)c(=O)[nH]c1=O.O=C[C@H](O)[C@H](O)[C@H](O)CO. The second kappa shape index (κ2) is 11.8. The lowest BCUT2D eigenvalue weighted by atomic mass is 10.1. The molecule has 1 aliphatic rings. The molecule has 0 saturated carbocycles. The number of ether oxygens (including phenoxy) is 1. The summed E-state index contributed by atoms with van der Waals surface area (Å²) >= 11 is 0. The van der Waals surface area contributed by atoms with Crippen LogP contribution < -0.4 is 11.2 Å². The number of hydrogen-bond acceptors (Lipinski definition) is 11. The number of aromatic amines is 1. The lowest BCUT2D eigenvalue weighted by Gasteiger charge is -2.17. The molecule has 2 heterocycles. The monoisotopic (exact) mass is 434 g/mol. The standard InChI is InChI=1S/C12H16N2O6.C5H10O5/c1-2-3-6-4-14(12(19)13-10(6)18)11-9(17)8(16)7(5-15)20-11;6-1-3(8)5(10)4(9)2-7/h2,4,7-9,11,15-17H,1,3,5H2,(H,13,18,19);1,3-5,7-10H,2H2/t7-,8-,9-,11-;3-,4+,5-/m10/s1. The summed E-state index contributed by atoms with van der Waals surface area (Å²) < 4.78 is 6.23. The molecule has 0 amide bonds. The number of nitrogens with zero attached hydrogens (tertiary/aromatic N) is 1. The van der Waals surface area contributed by atoms with Crippen molar-refractivity contribution in [2.75, 3.05) is 13.2 Å². The molecule has 1 aliphatic heterocycles. The Balaban J connectivity index is 0.000000382. The first-order chi connectivity index (χ1) is 14.1. The molecule has 1 aromatic heterocycles. The van der Waals surface area contributed by atoms with Crippen LogP contribution in [0.3, 0.4) is 0 Å². The molecule has 0 spiro atoms. The Kier molecular flexibility index (Phi) is 10.2. The normalized spacial score (nSPS) is 26.2. The summed E-state index contributed by atoms with van der Waals surface area (Å²) in [4.78, 5) is 35.2. The molecule has 2 rings (SSSR count). The Bertz CT molecular complexity index is 808. The van der Waals surface area contributed by atoms with Crippen LogP contribution in [-0.4, -0.2) is 101 Å². The highest BCUT2D eigenvalue weighted by molar-refractivity contribution is 5.56. The van der Waals surface area contributed by atoms with Gasteiger partial charge in [-0.1, -0.05) is 6.08 Å². The molecule has 0 aliphatic carbocycles. The van der Waals surface area contributed by atoms with Crippen molar-refractivity contribution >= 4 is 6.29 Å². The minimum absolute atomic E-state index is 0.0869. The van der Waals surface area contributed by atoms with Gasteiger partial charge in [-0.05, 0) is 6.42 Å². The van der Waals surface area contributed by atoms with Crippen molar-refractivity contribution in [1.29, 1.82) is 0 Å². The number of hydrogen-bond donors (Lipinski definition) is 8. The summed E-state index contributed by atoms with van der Waals surface area (Å²) in [6.07, 6.45) is -6.50. The van der Waals surface area contributed by atoms with Crippen LogP contribution in [0.2, 0.25) is 0 Å². The smallest absolute Gasteiger partial charge is 0.330 e. The van der Waals surface area contributed by atoms with Crippen molar-refractivity contribution in [2.24, 2.45) is 0 Å². The maximum Gasteiger partial charge on any atom is 0.330 e. The summed E-state index contributed by atoms with van der Waals surface area (Å²) in [7, 11) is 0. The number of H-pyrrole nitrogens is 1. The number of nitrogens with one attached hydrogen (secondary N) is 1. The van der Waals surface area contributed by atoms with E-state index in [-0.39, 0.29) is 18.3 Å². The first-order valence-corrected chi connectivity index (χ1v) is 8.80.